The Kier molecular flexibility index (Phi) is 1.80. The fourth-order valence-corrected chi connectivity index (χ4v) is 5.49. The molecule has 0 aromatic rings. The Morgan fingerprint density at radius 1 is 1.00 bits per heavy atom. The standard InChI is InChI=1S/C16H22/c1-11-2-3-15(4-11)16-8-12-5-13(9-16)7-14(6-12)10-16/h3-4,12-14H,2,5-10H2,1H3. The molecule has 4 bridgehead atoms. The molecule has 0 heteroatoms. The summed E-state index contributed by atoms with van der Waals surface area (Å²) in [5.74, 6) is 3.25. The first kappa shape index (κ1) is 9.50. The van der Waals surface area contributed by atoms with E-state index in [0.29, 0.717) is 5.41 Å². The molecule has 0 saturated heterocycles. The lowest BCUT2D eigenvalue weighted by atomic mass is 9.48. The Morgan fingerprint density at radius 3 is 2.00 bits per heavy atom. The van der Waals surface area contributed by atoms with Crippen LogP contribution in [0, 0.1) is 23.2 Å². The van der Waals surface area contributed by atoms with Crippen molar-refractivity contribution in [1.82, 2.24) is 0 Å². The van der Waals surface area contributed by atoms with E-state index < -0.39 is 0 Å². The van der Waals surface area contributed by atoms with Crippen LogP contribution in [0.3, 0.4) is 0 Å². The van der Waals surface area contributed by atoms with Crippen LogP contribution in [0.4, 0.5) is 0 Å². The van der Waals surface area contributed by atoms with E-state index in [0.717, 1.165) is 17.8 Å². The molecule has 0 nitrogen and oxygen atoms in total. The van der Waals surface area contributed by atoms with Crippen LogP contribution in [0.15, 0.2) is 23.3 Å². The lowest BCUT2D eigenvalue weighted by Crippen LogP contribution is -2.46. The first-order valence-corrected chi connectivity index (χ1v) is 7.11. The predicted octanol–water partition coefficient (Wildman–Crippen LogP) is 4.48. The largest absolute Gasteiger partial charge is 0.0767 e. The average Bonchev–Trinajstić information content (AvgIpc) is 2.63. The minimum Gasteiger partial charge on any atom is -0.0767 e. The van der Waals surface area contributed by atoms with Crippen molar-refractivity contribution in [2.24, 2.45) is 23.2 Å². The lowest BCUT2D eigenvalue weighted by Gasteiger charge is -2.57. The Morgan fingerprint density at radius 2 is 1.56 bits per heavy atom. The van der Waals surface area contributed by atoms with Crippen molar-refractivity contribution < 1.29 is 0 Å². The summed E-state index contributed by atoms with van der Waals surface area (Å²) in [6.45, 7) is 2.30. The number of allylic oxidation sites excluding steroid dienone is 4. The third-order valence-corrected chi connectivity index (χ3v) is 5.70. The predicted molar refractivity (Wildman–Crippen MR) is 67.1 cm³/mol. The fourth-order valence-electron chi connectivity index (χ4n) is 5.49. The highest BCUT2D eigenvalue weighted by Crippen LogP contribution is 2.63. The van der Waals surface area contributed by atoms with Gasteiger partial charge in [-0.25, -0.2) is 0 Å². The number of rotatable bonds is 1. The van der Waals surface area contributed by atoms with E-state index >= 15 is 0 Å². The average molecular weight is 214 g/mol. The molecule has 0 radical (unpaired) electrons. The minimum absolute atomic E-state index is 0.645. The quantitative estimate of drug-likeness (QED) is 0.603. The van der Waals surface area contributed by atoms with Crippen molar-refractivity contribution in [2.75, 3.05) is 0 Å². The Hall–Kier alpha value is -0.520. The van der Waals surface area contributed by atoms with Crippen LogP contribution in [-0.4, -0.2) is 0 Å². The van der Waals surface area contributed by atoms with Gasteiger partial charge in [-0.3, -0.25) is 0 Å². The maximum atomic E-state index is 2.54. The first-order chi connectivity index (χ1) is 7.73. The van der Waals surface area contributed by atoms with Crippen LogP contribution < -0.4 is 0 Å². The fraction of sp³-hybridized carbons (Fsp3) is 0.750. The van der Waals surface area contributed by atoms with Gasteiger partial charge in [0.2, 0.25) is 0 Å². The van der Waals surface area contributed by atoms with E-state index in [9.17, 15) is 0 Å². The molecule has 86 valence electrons. The van der Waals surface area contributed by atoms with Gasteiger partial charge in [0.25, 0.3) is 0 Å². The zero-order valence-corrected chi connectivity index (χ0v) is 10.3. The third-order valence-electron chi connectivity index (χ3n) is 5.70. The van der Waals surface area contributed by atoms with Crippen LogP contribution in [0.5, 0.6) is 0 Å². The van der Waals surface area contributed by atoms with Crippen LogP contribution >= 0.6 is 0 Å². The monoisotopic (exact) mass is 214 g/mol. The summed E-state index contributed by atoms with van der Waals surface area (Å²) in [7, 11) is 0. The van der Waals surface area contributed by atoms with Gasteiger partial charge < -0.3 is 0 Å². The molecule has 4 saturated carbocycles. The first-order valence-electron chi connectivity index (χ1n) is 7.11. The summed E-state index contributed by atoms with van der Waals surface area (Å²) in [6.07, 6.45) is 15.6. The molecule has 0 aromatic carbocycles. The van der Waals surface area contributed by atoms with Crippen molar-refractivity contribution in [3.8, 4) is 0 Å². The molecule has 0 unspecified atom stereocenters. The maximum absolute atomic E-state index is 2.54. The van der Waals surface area contributed by atoms with Crippen LogP contribution in [0.2, 0.25) is 0 Å². The topological polar surface area (TPSA) is 0 Å². The SMILES string of the molecule is CC1=CC(C23CC4CC(CC(C4)C2)C3)=CC1. The molecule has 0 spiro atoms. The van der Waals surface area contributed by atoms with E-state index in [4.69, 9.17) is 0 Å². The molecule has 0 atom stereocenters. The van der Waals surface area contributed by atoms with Gasteiger partial charge in [-0.2, -0.15) is 0 Å². The highest BCUT2D eigenvalue weighted by molar-refractivity contribution is 5.38. The second-order valence-electron chi connectivity index (χ2n) is 7.05. The van der Waals surface area contributed by atoms with Gasteiger partial charge in [0.15, 0.2) is 0 Å². The summed E-state index contributed by atoms with van der Waals surface area (Å²) in [5.41, 5.74) is 3.97. The van der Waals surface area contributed by atoms with Crippen molar-refractivity contribution in [3.63, 3.8) is 0 Å². The van der Waals surface area contributed by atoms with E-state index in [2.05, 4.69) is 19.1 Å². The van der Waals surface area contributed by atoms with Gasteiger partial charge >= 0.3 is 0 Å². The summed E-state index contributed by atoms with van der Waals surface area (Å²) >= 11 is 0. The molecule has 5 aliphatic rings. The van der Waals surface area contributed by atoms with Crippen molar-refractivity contribution in [1.29, 1.82) is 0 Å². The van der Waals surface area contributed by atoms with E-state index in [1.54, 1.807) is 30.4 Å². The Labute approximate surface area is 98.8 Å². The van der Waals surface area contributed by atoms with Gasteiger partial charge in [-0.05, 0) is 80.6 Å². The smallest absolute Gasteiger partial charge is 0.00421 e. The molecule has 0 aromatic heterocycles. The molecule has 0 N–H and O–H groups in total. The molecular weight excluding hydrogens is 192 g/mol. The zero-order valence-electron chi connectivity index (χ0n) is 10.3. The van der Waals surface area contributed by atoms with E-state index in [-0.39, 0.29) is 0 Å². The third kappa shape index (κ3) is 1.22. The zero-order chi connectivity index (χ0) is 10.8. The molecule has 5 rings (SSSR count). The molecule has 4 fully saturated rings. The van der Waals surface area contributed by atoms with Crippen LogP contribution in [0.1, 0.15) is 51.9 Å². The normalized spacial score (nSPS) is 49.4. The summed E-state index contributed by atoms with van der Waals surface area (Å²) in [6, 6.07) is 0. The van der Waals surface area contributed by atoms with Crippen LogP contribution in [0.25, 0.3) is 0 Å². The molecule has 0 heterocycles. The van der Waals surface area contributed by atoms with Gasteiger partial charge in [0.05, 0.1) is 0 Å². The van der Waals surface area contributed by atoms with Gasteiger partial charge in [-0.1, -0.05) is 17.7 Å². The highest BCUT2D eigenvalue weighted by atomic mass is 14.6. The van der Waals surface area contributed by atoms with E-state index in [1.165, 1.54) is 25.7 Å². The summed E-state index contributed by atoms with van der Waals surface area (Å²) in [4.78, 5) is 0. The number of hydrogen-bond donors (Lipinski definition) is 0. The molecule has 0 amide bonds. The highest BCUT2D eigenvalue weighted by Gasteiger charge is 2.52. The van der Waals surface area contributed by atoms with Gasteiger partial charge in [0.1, 0.15) is 0 Å². The Balaban J connectivity index is 1.72. The minimum atomic E-state index is 0.645. The van der Waals surface area contributed by atoms with E-state index in [1.807, 2.05) is 0 Å². The Bertz CT molecular complexity index is 348. The molecule has 5 aliphatic carbocycles. The molecule has 0 aliphatic heterocycles. The summed E-state index contributed by atoms with van der Waals surface area (Å²) in [5, 5.41) is 0. The van der Waals surface area contributed by atoms with Crippen molar-refractivity contribution in [2.45, 2.75) is 51.9 Å². The van der Waals surface area contributed by atoms with Gasteiger partial charge in [0, 0.05) is 0 Å². The summed E-state index contributed by atoms with van der Waals surface area (Å²) < 4.78 is 0. The second-order valence-corrected chi connectivity index (χ2v) is 7.05. The lowest BCUT2D eigenvalue weighted by molar-refractivity contribution is -0.0284. The van der Waals surface area contributed by atoms with Crippen molar-refractivity contribution >= 4 is 0 Å². The van der Waals surface area contributed by atoms with Gasteiger partial charge in [-0.15, -0.1) is 0 Å². The van der Waals surface area contributed by atoms with Crippen molar-refractivity contribution in [3.05, 3.63) is 23.3 Å². The molecule has 16 heavy (non-hydrogen) atoms. The maximum Gasteiger partial charge on any atom is -0.00421 e. The number of hydrogen-bond acceptors (Lipinski definition) is 0. The molecular formula is C16H22. The second kappa shape index (κ2) is 3.03. The van der Waals surface area contributed by atoms with Crippen LogP contribution in [-0.2, 0) is 0 Å².